The molecule has 2 aliphatic heterocycles. The highest BCUT2D eigenvalue weighted by Crippen LogP contribution is 2.35. The standard InChI is InChI=1S/C25H22F3N5O5/c26-25(27,28)17-4-2-1-3-16(17)24(36)33-9-7-32(8-10-33)22(34)13-29-23(35)19-12-18(30-31-19)15-5-6-20-21(11-15)38-14-37-20/h1-6,11-12H,7-10,13-14H2,(H,29,35)(H,30,31). The highest BCUT2D eigenvalue weighted by Gasteiger charge is 2.36. The van der Waals surface area contributed by atoms with Crippen molar-refractivity contribution in [2.45, 2.75) is 6.18 Å². The molecule has 198 valence electrons. The summed E-state index contributed by atoms with van der Waals surface area (Å²) in [6.45, 7) is 0.249. The van der Waals surface area contributed by atoms with E-state index in [0.717, 1.165) is 17.7 Å². The smallest absolute Gasteiger partial charge is 0.417 e. The molecule has 0 spiro atoms. The van der Waals surface area contributed by atoms with Gasteiger partial charge in [-0.05, 0) is 36.4 Å². The quantitative estimate of drug-likeness (QED) is 0.525. The molecule has 0 bridgehead atoms. The Morgan fingerprint density at radius 2 is 1.66 bits per heavy atom. The fourth-order valence-electron chi connectivity index (χ4n) is 4.25. The molecule has 0 unspecified atom stereocenters. The maximum Gasteiger partial charge on any atom is 0.417 e. The van der Waals surface area contributed by atoms with Crippen LogP contribution < -0.4 is 14.8 Å². The van der Waals surface area contributed by atoms with Gasteiger partial charge in [-0.25, -0.2) is 0 Å². The maximum atomic E-state index is 13.3. The third kappa shape index (κ3) is 5.12. The third-order valence-electron chi connectivity index (χ3n) is 6.28. The monoisotopic (exact) mass is 529 g/mol. The first-order valence-electron chi connectivity index (χ1n) is 11.7. The Morgan fingerprint density at radius 1 is 0.947 bits per heavy atom. The fourth-order valence-corrected chi connectivity index (χ4v) is 4.25. The molecule has 3 heterocycles. The van der Waals surface area contributed by atoms with E-state index in [9.17, 15) is 27.6 Å². The van der Waals surface area contributed by atoms with Gasteiger partial charge in [-0.2, -0.15) is 18.3 Å². The number of fused-ring (bicyclic) bond motifs is 1. The number of aromatic amines is 1. The van der Waals surface area contributed by atoms with Crippen LogP contribution in [0.2, 0.25) is 0 Å². The van der Waals surface area contributed by atoms with Crippen molar-refractivity contribution in [1.82, 2.24) is 25.3 Å². The van der Waals surface area contributed by atoms with Gasteiger partial charge in [0.2, 0.25) is 12.7 Å². The fraction of sp³-hybridized carbons (Fsp3) is 0.280. The molecular formula is C25H22F3N5O5. The van der Waals surface area contributed by atoms with Gasteiger partial charge in [0.25, 0.3) is 11.8 Å². The molecule has 2 N–H and O–H groups in total. The molecule has 3 amide bonds. The molecule has 1 fully saturated rings. The largest absolute Gasteiger partial charge is 0.454 e. The van der Waals surface area contributed by atoms with Crippen molar-refractivity contribution >= 4 is 17.7 Å². The summed E-state index contributed by atoms with van der Waals surface area (Å²) in [5, 5.41) is 9.30. The van der Waals surface area contributed by atoms with Crippen molar-refractivity contribution in [2.75, 3.05) is 39.5 Å². The Balaban J connectivity index is 1.13. The van der Waals surface area contributed by atoms with Crippen LogP contribution in [0, 0.1) is 0 Å². The molecule has 0 atom stereocenters. The zero-order chi connectivity index (χ0) is 26.9. The summed E-state index contributed by atoms with van der Waals surface area (Å²) < 4.78 is 50.5. The zero-order valence-corrected chi connectivity index (χ0v) is 19.9. The minimum Gasteiger partial charge on any atom is -0.454 e. The van der Waals surface area contributed by atoms with Gasteiger partial charge in [0.1, 0.15) is 0 Å². The highest BCUT2D eigenvalue weighted by atomic mass is 19.4. The normalized spacial score (nSPS) is 14.9. The number of benzene rings is 2. The number of ether oxygens (including phenoxy) is 2. The molecule has 1 aromatic heterocycles. The van der Waals surface area contributed by atoms with E-state index >= 15 is 0 Å². The molecule has 0 saturated carbocycles. The van der Waals surface area contributed by atoms with E-state index in [-0.39, 0.29) is 51.1 Å². The van der Waals surface area contributed by atoms with Crippen molar-refractivity contribution in [3.05, 3.63) is 65.4 Å². The molecule has 3 aromatic rings. The van der Waals surface area contributed by atoms with Gasteiger partial charge in [0, 0.05) is 31.7 Å². The van der Waals surface area contributed by atoms with E-state index in [4.69, 9.17) is 9.47 Å². The van der Waals surface area contributed by atoms with Gasteiger partial charge in [-0.15, -0.1) is 0 Å². The lowest BCUT2D eigenvalue weighted by molar-refractivity contribution is -0.138. The molecule has 10 nitrogen and oxygen atoms in total. The van der Waals surface area contributed by atoms with Crippen LogP contribution in [-0.2, 0) is 11.0 Å². The molecule has 1 saturated heterocycles. The second-order valence-electron chi connectivity index (χ2n) is 8.63. The summed E-state index contributed by atoms with van der Waals surface area (Å²) >= 11 is 0. The van der Waals surface area contributed by atoms with Gasteiger partial charge >= 0.3 is 6.18 Å². The number of H-pyrrole nitrogens is 1. The maximum absolute atomic E-state index is 13.3. The van der Waals surface area contributed by atoms with Gasteiger partial charge in [0.05, 0.1) is 23.4 Å². The van der Waals surface area contributed by atoms with Crippen LogP contribution in [0.5, 0.6) is 11.5 Å². The van der Waals surface area contributed by atoms with E-state index in [0.29, 0.717) is 17.2 Å². The van der Waals surface area contributed by atoms with E-state index in [1.54, 1.807) is 24.3 Å². The Hall–Kier alpha value is -4.55. The summed E-state index contributed by atoms with van der Waals surface area (Å²) in [5.74, 6) is -0.469. The van der Waals surface area contributed by atoms with Crippen molar-refractivity contribution in [1.29, 1.82) is 0 Å². The molecule has 13 heteroatoms. The lowest BCUT2D eigenvalue weighted by Gasteiger charge is -2.35. The van der Waals surface area contributed by atoms with Crippen LogP contribution in [0.4, 0.5) is 13.2 Å². The second-order valence-corrected chi connectivity index (χ2v) is 8.63. The summed E-state index contributed by atoms with van der Waals surface area (Å²) in [4.78, 5) is 40.6. The number of hydrogen-bond acceptors (Lipinski definition) is 6. The number of rotatable bonds is 5. The number of hydrogen-bond donors (Lipinski definition) is 2. The van der Waals surface area contributed by atoms with Crippen LogP contribution >= 0.6 is 0 Å². The number of alkyl halides is 3. The highest BCUT2D eigenvalue weighted by molar-refractivity contribution is 5.97. The van der Waals surface area contributed by atoms with Crippen LogP contribution in [0.3, 0.4) is 0 Å². The number of piperazine rings is 1. The number of nitrogens with zero attached hydrogens (tertiary/aromatic N) is 3. The van der Waals surface area contributed by atoms with E-state index in [2.05, 4.69) is 15.5 Å². The van der Waals surface area contributed by atoms with E-state index < -0.39 is 29.1 Å². The Kier molecular flexibility index (Phi) is 6.66. The van der Waals surface area contributed by atoms with Crippen molar-refractivity contribution in [3.63, 3.8) is 0 Å². The van der Waals surface area contributed by atoms with Crippen molar-refractivity contribution in [2.24, 2.45) is 0 Å². The first-order chi connectivity index (χ1) is 18.2. The number of carbonyl (C=O) groups is 3. The minimum atomic E-state index is -4.65. The van der Waals surface area contributed by atoms with Crippen LogP contribution in [0.1, 0.15) is 26.4 Å². The lowest BCUT2D eigenvalue weighted by atomic mass is 10.1. The van der Waals surface area contributed by atoms with Gasteiger partial charge < -0.3 is 24.6 Å². The average Bonchev–Trinajstić information content (AvgIpc) is 3.60. The molecule has 38 heavy (non-hydrogen) atoms. The predicted molar refractivity (Wildman–Crippen MR) is 126 cm³/mol. The van der Waals surface area contributed by atoms with Gasteiger partial charge in [-0.1, -0.05) is 12.1 Å². The number of carbonyl (C=O) groups excluding carboxylic acids is 3. The molecule has 5 rings (SSSR count). The molecule has 0 aliphatic carbocycles. The van der Waals surface area contributed by atoms with Crippen LogP contribution in [-0.4, -0.2) is 77.2 Å². The second kappa shape index (κ2) is 10.1. The zero-order valence-electron chi connectivity index (χ0n) is 19.9. The van der Waals surface area contributed by atoms with Crippen molar-refractivity contribution < 1.29 is 37.0 Å². The van der Waals surface area contributed by atoms with E-state index in [1.807, 2.05) is 0 Å². The van der Waals surface area contributed by atoms with Gasteiger partial charge in [0.15, 0.2) is 17.2 Å². The topological polar surface area (TPSA) is 117 Å². The summed E-state index contributed by atoms with van der Waals surface area (Å²) in [6, 6.07) is 11.5. The molecule has 2 aromatic carbocycles. The number of amides is 3. The summed E-state index contributed by atoms with van der Waals surface area (Å²) in [6.07, 6.45) is -4.65. The SMILES string of the molecule is O=C(NCC(=O)N1CCN(C(=O)c2ccccc2C(F)(F)F)CC1)c1cc(-c2ccc3c(c2)OCO3)[nH]n1. The third-order valence-corrected chi connectivity index (χ3v) is 6.28. The average molecular weight is 529 g/mol. The first kappa shape index (κ1) is 25.1. The van der Waals surface area contributed by atoms with Gasteiger partial charge in [-0.3, -0.25) is 19.5 Å². The lowest BCUT2D eigenvalue weighted by Crippen LogP contribution is -2.52. The Morgan fingerprint density at radius 3 is 2.42 bits per heavy atom. The molecule has 2 aliphatic rings. The minimum absolute atomic E-state index is 0.0724. The summed E-state index contributed by atoms with van der Waals surface area (Å²) in [7, 11) is 0. The number of aromatic nitrogens is 2. The molecular weight excluding hydrogens is 507 g/mol. The van der Waals surface area contributed by atoms with E-state index in [1.165, 1.54) is 21.9 Å². The van der Waals surface area contributed by atoms with Crippen LogP contribution in [0.25, 0.3) is 11.3 Å². The number of nitrogens with one attached hydrogen (secondary N) is 2. The number of halogens is 3. The first-order valence-corrected chi connectivity index (χ1v) is 11.7. The summed E-state index contributed by atoms with van der Waals surface area (Å²) in [5.41, 5.74) is -0.0172. The Labute approximate surface area is 214 Å². The van der Waals surface area contributed by atoms with Crippen LogP contribution in [0.15, 0.2) is 48.5 Å². The Bertz CT molecular complexity index is 1380. The van der Waals surface area contributed by atoms with Crippen molar-refractivity contribution in [3.8, 4) is 22.8 Å². The molecule has 0 radical (unpaired) electrons. The predicted octanol–water partition coefficient (Wildman–Crippen LogP) is 2.54.